The summed E-state index contributed by atoms with van der Waals surface area (Å²) in [4.78, 5) is 21.4. The molecule has 0 fully saturated rings. The molecule has 0 rings (SSSR count). The molecule has 0 spiro atoms. The van der Waals surface area contributed by atoms with Crippen molar-refractivity contribution in [2.75, 3.05) is 21.3 Å². The topological polar surface area (TPSA) is 83.8 Å². The van der Waals surface area contributed by atoms with Gasteiger partial charge in [-0.05, 0) is 0 Å². The molecule has 2 N–H and O–H groups in total. The van der Waals surface area contributed by atoms with Crippen LogP contribution in [0.3, 0.4) is 0 Å². The number of Topliss-reactive ketones (excluding diaryl/α,β-unsaturated/α-hetero) is 1. The molecule has 0 aliphatic heterocycles. The van der Waals surface area contributed by atoms with Gasteiger partial charge in [-0.2, -0.15) is 0 Å². The number of ether oxygens (including phenoxy) is 1. The molecule has 14 heavy (non-hydrogen) atoms. The van der Waals surface area contributed by atoms with Gasteiger partial charge in [0, 0.05) is 27.1 Å². The van der Waals surface area contributed by atoms with Crippen LogP contribution in [0.1, 0.15) is 28.9 Å². The summed E-state index contributed by atoms with van der Waals surface area (Å²) in [5.41, 5.74) is 0. The third-order valence-electron chi connectivity index (χ3n) is 1.13. The minimum atomic E-state index is -1.59. The fourth-order valence-electron chi connectivity index (χ4n) is 0.477. The molecule has 5 heteroatoms. The van der Waals surface area contributed by atoms with Gasteiger partial charge in [-0.1, -0.05) is 6.92 Å². The number of hydrogen-bond donors (Lipinski definition) is 2. The van der Waals surface area contributed by atoms with E-state index in [0.717, 1.165) is 0 Å². The lowest BCUT2D eigenvalue weighted by Gasteiger charge is -1.95. The minimum absolute atomic E-state index is 0.0153. The molecule has 0 aliphatic carbocycles. The molecule has 0 bridgehead atoms. The molecular formula is C9H20O5. The quantitative estimate of drug-likeness (QED) is 0.650. The summed E-state index contributed by atoms with van der Waals surface area (Å²) < 4.78 is 28.8. The van der Waals surface area contributed by atoms with E-state index in [1.807, 2.05) is 0 Å². The summed E-state index contributed by atoms with van der Waals surface area (Å²) in [6.45, 7) is 1.71. The Hall–Kier alpha value is -0.940. The number of aliphatic hydroxyl groups excluding tert-OH is 2. The van der Waals surface area contributed by atoms with Gasteiger partial charge in [-0.3, -0.25) is 9.59 Å². The maximum atomic E-state index is 10.7. The SMILES string of the molecule is [2H]C([2H])OC(=O)CCC(=O)CC.[3H]OC.[3H]OC. The Bertz CT molecular complexity index is 199. The van der Waals surface area contributed by atoms with E-state index in [0.29, 0.717) is 6.42 Å². The Morgan fingerprint density at radius 2 is 1.93 bits per heavy atom. The van der Waals surface area contributed by atoms with Crippen molar-refractivity contribution in [2.24, 2.45) is 0 Å². The van der Waals surface area contributed by atoms with Crippen LogP contribution >= 0.6 is 0 Å². The molecule has 86 valence electrons. The first-order valence-electron chi connectivity index (χ1n) is 5.90. The van der Waals surface area contributed by atoms with Crippen LogP contribution in [0.25, 0.3) is 0 Å². The highest BCUT2D eigenvalue weighted by atomic mass is 16.5. The van der Waals surface area contributed by atoms with Crippen molar-refractivity contribution in [1.29, 1.82) is 2.86 Å². The monoisotopic (exact) mass is 214 g/mol. The van der Waals surface area contributed by atoms with Gasteiger partial charge in [-0.25, -0.2) is 0 Å². The Labute approximate surface area is 90.5 Å². The summed E-state index contributed by atoms with van der Waals surface area (Å²) in [5, 5.41) is 7.00. The predicted octanol–water partition coefficient (Wildman–Crippen LogP) is 0.136. The van der Waals surface area contributed by atoms with Crippen LogP contribution in [0.4, 0.5) is 0 Å². The molecule has 0 saturated heterocycles. The number of ketones is 1. The van der Waals surface area contributed by atoms with E-state index in [-0.39, 0.29) is 18.6 Å². The highest BCUT2D eigenvalue weighted by molar-refractivity contribution is 5.82. The molecule has 0 aromatic carbocycles. The maximum absolute atomic E-state index is 10.7. The second kappa shape index (κ2) is 18.0. The van der Waals surface area contributed by atoms with E-state index in [1.54, 1.807) is 6.92 Å². The third kappa shape index (κ3) is 17.2. The summed E-state index contributed by atoms with van der Waals surface area (Å²) in [6.07, 6.45) is 0.515. The first kappa shape index (κ1) is 9.61. The number of methoxy groups -OCH3 is 1. The smallest absolute Gasteiger partial charge is 0.305 e. The molecule has 0 heterocycles. The van der Waals surface area contributed by atoms with Gasteiger partial charge >= 0.3 is 5.97 Å². The van der Waals surface area contributed by atoms with E-state index in [4.69, 9.17) is 5.60 Å². The van der Waals surface area contributed by atoms with E-state index in [2.05, 4.69) is 15.0 Å². The Morgan fingerprint density at radius 1 is 1.43 bits per heavy atom. The minimum Gasteiger partial charge on any atom is -0.469 e. The van der Waals surface area contributed by atoms with Crippen molar-refractivity contribution in [3.8, 4) is 0 Å². The van der Waals surface area contributed by atoms with E-state index in [9.17, 15) is 9.59 Å². The Kier molecular flexibility index (Phi) is 12.3. The standard InChI is InChI=1S/C7H12O3.2CH4O/c1-3-6(8)4-5-7(9)10-2;2*1-2/h3-5H2,1-2H3;2*2H,1H3/i2D2;2*2T. The van der Waals surface area contributed by atoms with Crippen LogP contribution in [-0.2, 0) is 14.3 Å². The number of esters is 1. The van der Waals surface area contributed by atoms with Gasteiger partial charge in [0.2, 0.25) is 2.86 Å². The average molecular weight is 214 g/mol. The van der Waals surface area contributed by atoms with Gasteiger partial charge in [0.1, 0.15) is 5.78 Å². The normalized spacial score (nSPS) is 11.4. The Morgan fingerprint density at radius 3 is 2.29 bits per heavy atom. The lowest BCUT2D eigenvalue weighted by atomic mass is 10.2. The molecule has 0 aromatic heterocycles. The molecule has 5 nitrogen and oxygen atoms in total. The average Bonchev–Trinajstić information content (AvgIpc) is 2.27. The van der Waals surface area contributed by atoms with Crippen molar-refractivity contribution in [3.05, 3.63) is 0 Å². The first-order chi connectivity index (χ1) is 8.39. The summed E-state index contributed by atoms with van der Waals surface area (Å²) in [7, 11) is 0.995. The first-order valence-corrected chi connectivity index (χ1v) is 3.93. The van der Waals surface area contributed by atoms with Crippen molar-refractivity contribution in [2.45, 2.75) is 26.2 Å². The molecule has 0 amide bonds. The van der Waals surface area contributed by atoms with Gasteiger partial charge in [0.25, 0.3) is 0 Å². The van der Waals surface area contributed by atoms with Crippen molar-refractivity contribution in [3.63, 3.8) is 0 Å². The Balaban J connectivity index is -0.000000315. The molecule has 0 saturated carbocycles. The van der Waals surface area contributed by atoms with Crippen molar-refractivity contribution >= 4 is 11.8 Å². The largest absolute Gasteiger partial charge is 0.469 e. The zero-order valence-corrected chi connectivity index (χ0v) is 8.74. The van der Waals surface area contributed by atoms with Gasteiger partial charge < -0.3 is 15.0 Å². The molecule has 0 aliphatic rings. The molecule has 0 aromatic rings. The van der Waals surface area contributed by atoms with Crippen LogP contribution < -0.4 is 0 Å². The second-order valence-electron chi connectivity index (χ2n) is 1.88. The van der Waals surface area contributed by atoms with E-state index in [1.165, 1.54) is 14.2 Å². The number of rotatable bonds is 4. The third-order valence-corrected chi connectivity index (χ3v) is 1.13. The zero-order valence-electron chi connectivity index (χ0n) is 12.7. The van der Waals surface area contributed by atoms with Crippen molar-refractivity contribution in [1.82, 2.24) is 0 Å². The van der Waals surface area contributed by atoms with Crippen LogP contribution in [0.2, 0.25) is 0 Å². The van der Waals surface area contributed by atoms with Gasteiger partial charge in [-0.15, -0.1) is 0 Å². The lowest BCUT2D eigenvalue weighted by Crippen LogP contribution is -2.04. The fourth-order valence-corrected chi connectivity index (χ4v) is 0.477. The second-order valence-corrected chi connectivity index (χ2v) is 1.88. The number of carbonyl (C=O) groups excluding carboxylic acids is 2. The molecule has 0 radical (unpaired) electrons. The summed E-state index contributed by atoms with van der Waals surface area (Å²) >= 11 is 0. The van der Waals surface area contributed by atoms with Crippen LogP contribution in [0, 0.1) is 0 Å². The van der Waals surface area contributed by atoms with Crippen LogP contribution in [0.15, 0.2) is 0 Å². The highest BCUT2D eigenvalue weighted by Crippen LogP contribution is 1.95. The number of hydrogen-bond acceptors (Lipinski definition) is 5. The van der Waals surface area contributed by atoms with Crippen molar-refractivity contribution < 1.29 is 27.3 Å². The summed E-state index contributed by atoms with van der Waals surface area (Å²) in [6, 6.07) is 0. The van der Waals surface area contributed by atoms with Gasteiger partial charge in [0.15, 0.2) is 0 Å². The lowest BCUT2D eigenvalue weighted by molar-refractivity contribution is -0.141. The zero-order chi connectivity index (χ0) is 15.0. The molecule has 0 atom stereocenters. The van der Waals surface area contributed by atoms with E-state index < -0.39 is 13.0 Å². The fraction of sp³-hybridized carbons (Fsp3) is 0.778. The van der Waals surface area contributed by atoms with Crippen LogP contribution in [-0.4, -0.2) is 46.1 Å². The van der Waals surface area contributed by atoms with Gasteiger partial charge in [0.05, 0.1) is 16.2 Å². The van der Waals surface area contributed by atoms with E-state index >= 15 is 0 Å². The van der Waals surface area contributed by atoms with Crippen LogP contribution in [0.5, 0.6) is 0 Å². The predicted molar refractivity (Wildman–Crippen MR) is 52.8 cm³/mol. The number of carbonyl (C=O) groups is 2. The molecular weight excluding hydrogens is 188 g/mol. The maximum Gasteiger partial charge on any atom is 0.305 e. The summed E-state index contributed by atoms with van der Waals surface area (Å²) in [5.74, 6) is -0.676. The number of aliphatic hydroxyl groups is 2. The highest BCUT2D eigenvalue weighted by Gasteiger charge is 2.03. The molecule has 0 unspecified atom stereocenters.